The van der Waals surface area contributed by atoms with Crippen LogP contribution in [0, 0.1) is 0 Å². The molecule has 1 aliphatic heterocycles. The Morgan fingerprint density at radius 1 is 1.33 bits per heavy atom. The summed E-state index contributed by atoms with van der Waals surface area (Å²) in [5, 5.41) is 8.33. The molecule has 5 nitrogen and oxygen atoms in total. The van der Waals surface area contributed by atoms with Gasteiger partial charge >= 0.3 is 0 Å². The number of piperidine rings is 1. The topological polar surface area (TPSA) is 70.2 Å². The Morgan fingerprint density at radius 3 is 2.73 bits per heavy atom. The third kappa shape index (κ3) is 4.78. The number of amides is 2. The summed E-state index contributed by atoms with van der Waals surface area (Å²) in [5.74, 6) is -0.224. The van der Waals surface area contributed by atoms with E-state index in [1.54, 1.807) is 7.05 Å². The van der Waals surface area contributed by atoms with Gasteiger partial charge in [0.1, 0.15) is 0 Å². The molecule has 5 heteroatoms. The van der Waals surface area contributed by atoms with Crippen LogP contribution in [0.3, 0.4) is 0 Å². The summed E-state index contributed by atoms with van der Waals surface area (Å²) in [6, 6.07) is 0.281. The molecule has 1 rings (SSSR count). The Labute approximate surface area is 90.0 Å². The zero-order chi connectivity index (χ0) is 11.1. The van der Waals surface area contributed by atoms with E-state index in [9.17, 15) is 9.59 Å². The van der Waals surface area contributed by atoms with Crippen LogP contribution in [0.25, 0.3) is 0 Å². The van der Waals surface area contributed by atoms with Crippen molar-refractivity contribution in [3.8, 4) is 0 Å². The van der Waals surface area contributed by atoms with Gasteiger partial charge in [-0.1, -0.05) is 6.42 Å². The van der Waals surface area contributed by atoms with E-state index in [-0.39, 0.29) is 24.4 Å². The van der Waals surface area contributed by atoms with Crippen molar-refractivity contribution >= 4 is 11.8 Å². The molecular weight excluding hydrogens is 194 g/mol. The van der Waals surface area contributed by atoms with E-state index in [0.717, 1.165) is 13.0 Å². The maximum absolute atomic E-state index is 11.4. The molecule has 0 spiro atoms. The number of nitrogens with one attached hydrogen (secondary N) is 3. The molecule has 0 aromatic carbocycles. The van der Waals surface area contributed by atoms with E-state index in [1.165, 1.54) is 12.8 Å². The van der Waals surface area contributed by atoms with Crippen molar-refractivity contribution in [3.63, 3.8) is 0 Å². The van der Waals surface area contributed by atoms with Gasteiger partial charge in [-0.25, -0.2) is 0 Å². The fourth-order valence-corrected chi connectivity index (χ4v) is 1.66. The van der Waals surface area contributed by atoms with Gasteiger partial charge in [0.15, 0.2) is 0 Å². The molecular formula is C10H19N3O2. The maximum atomic E-state index is 11.4. The number of carbonyl (C=O) groups excluding carboxylic acids is 2. The predicted octanol–water partition coefficient (Wildman–Crippen LogP) is -0.619. The molecule has 0 bridgehead atoms. The van der Waals surface area contributed by atoms with Crippen molar-refractivity contribution < 1.29 is 9.59 Å². The van der Waals surface area contributed by atoms with Crippen molar-refractivity contribution in [2.75, 3.05) is 20.1 Å². The summed E-state index contributed by atoms with van der Waals surface area (Å²) in [7, 11) is 1.55. The molecule has 2 amide bonds. The smallest absolute Gasteiger partial charge is 0.239 e. The van der Waals surface area contributed by atoms with Gasteiger partial charge < -0.3 is 16.0 Å². The fourth-order valence-electron chi connectivity index (χ4n) is 1.66. The summed E-state index contributed by atoms with van der Waals surface area (Å²) in [6.07, 6.45) is 3.89. The number of carbonyl (C=O) groups is 2. The van der Waals surface area contributed by atoms with Gasteiger partial charge in [-0.15, -0.1) is 0 Å². The number of hydrogen-bond acceptors (Lipinski definition) is 3. The van der Waals surface area contributed by atoms with E-state index in [1.807, 2.05) is 0 Å². The summed E-state index contributed by atoms with van der Waals surface area (Å²) in [6.45, 7) is 1.06. The molecule has 3 N–H and O–H groups in total. The van der Waals surface area contributed by atoms with Crippen LogP contribution in [0.4, 0.5) is 0 Å². The lowest BCUT2D eigenvalue weighted by Crippen LogP contribution is -2.41. The molecule has 15 heavy (non-hydrogen) atoms. The van der Waals surface area contributed by atoms with Gasteiger partial charge in [0, 0.05) is 19.5 Å². The van der Waals surface area contributed by atoms with Crippen LogP contribution >= 0.6 is 0 Å². The molecule has 1 unspecified atom stereocenters. The van der Waals surface area contributed by atoms with Crippen LogP contribution in [0.1, 0.15) is 25.7 Å². The van der Waals surface area contributed by atoms with E-state index < -0.39 is 0 Å². The van der Waals surface area contributed by atoms with E-state index in [4.69, 9.17) is 0 Å². The van der Waals surface area contributed by atoms with Gasteiger partial charge in [0.25, 0.3) is 0 Å². The van der Waals surface area contributed by atoms with Crippen molar-refractivity contribution in [1.82, 2.24) is 16.0 Å². The number of likely N-dealkylation sites (N-methyl/N-ethyl adjacent to an activating group) is 1. The highest BCUT2D eigenvalue weighted by molar-refractivity contribution is 5.84. The molecule has 0 aliphatic carbocycles. The minimum atomic E-state index is -0.167. The molecule has 1 aliphatic rings. The van der Waals surface area contributed by atoms with Crippen LogP contribution < -0.4 is 16.0 Å². The van der Waals surface area contributed by atoms with Crippen molar-refractivity contribution in [3.05, 3.63) is 0 Å². The largest absolute Gasteiger partial charge is 0.358 e. The highest BCUT2D eigenvalue weighted by Gasteiger charge is 2.16. The van der Waals surface area contributed by atoms with Crippen LogP contribution in [-0.2, 0) is 9.59 Å². The molecule has 0 radical (unpaired) electrons. The van der Waals surface area contributed by atoms with Crippen LogP contribution in [0.15, 0.2) is 0 Å². The first-order valence-corrected chi connectivity index (χ1v) is 5.43. The predicted molar refractivity (Wildman–Crippen MR) is 57.3 cm³/mol. The Bertz CT molecular complexity index is 225. The molecule has 1 saturated heterocycles. The Morgan fingerprint density at radius 2 is 2.13 bits per heavy atom. The zero-order valence-electron chi connectivity index (χ0n) is 9.14. The molecule has 0 aromatic rings. The van der Waals surface area contributed by atoms with Gasteiger partial charge in [0.2, 0.25) is 11.8 Å². The third-order valence-corrected chi connectivity index (χ3v) is 2.57. The van der Waals surface area contributed by atoms with E-state index in [2.05, 4.69) is 16.0 Å². The second kappa shape index (κ2) is 6.40. The molecule has 1 heterocycles. The standard InChI is InChI=1S/C10H19N3O2/c1-11-10(15)7-13-9(14)6-8-4-2-3-5-12-8/h8,12H,2-7H2,1H3,(H,11,15)(H,13,14). The number of rotatable bonds is 4. The monoisotopic (exact) mass is 213 g/mol. The minimum absolute atomic E-state index is 0.0574. The molecule has 1 atom stereocenters. The Hall–Kier alpha value is -1.10. The Balaban J connectivity index is 2.14. The van der Waals surface area contributed by atoms with Gasteiger partial charge in [-0.2, -0.15) is 0 Å². The summed E-state index contributed by atoms with van der Waals surface area (Å²) in [5.41, 5.74) is 0. The second-order valence-electron chi connectivity index (χ2n) is 3.80. The quantitative estimate of drug-likeness (QED) is 0.583. The first-order valence-electron chi connectivity index (χ1n) is 5.43. The molecule has 0 aromatic heterocycles. The summed E-state index contributed by atoms with van der Waals surface area (Å²) >= 11 is 0. The second-order valence-corrected chi connectivity index (χ2v) is 3.80. The minimum Gasteiger partial charge on any atom is -0.358 e. The van der Waals surface area contributed by atoms with E-state index in [0.29, 0.717) is 6.42 Å². The van der Waals surface area contributed by atoms with Crippen molar-refractivity contribution in [2.24, 2.45) is 0 Å². The first-order chi connectivity index (χ1) is 7.22. The highest BCUT2D eigenvalue weighted by Crippen LogP contribution is 2.09. The zero-order valence-corrected chi connectivity index (χ0v) is 9.14. The Kier molecular flexibility index (Phi) is 5.10. The van der Waals surface area contributed by atoms with Crippen LogP contribution in [0.5, 0.6) is 0 Å². The van der Waals surface area contributed by atoms with Gasteiger partial charge in [-0.05, 0) is 19.4 Å². The fraction of sp³-hybridized carbons (Fsp3) is 0.800. The third-order valence-electron chi connectivity index (χ3n) is 2.57. The maximum Gasteiger partial charge on any atom is 0.239 e. The normalized spacial score (nSPS) is 20.7. The average molecular weight is 213 g/mol. The average Bonchev–Trinajstić information content (AvgIpc) is 2.27. The summed E-state index contributed by atoms with van der Waals surface area (Å²) in [4.78, 5) is 22.3. The van der Waals surface area contributed by atoms with Crippen LogP contribution in [0.2, 0.25) is 0 Å². The molecule has 86 valence electrons. The SMILES string of the molecule is CNC(=O)CNC(=O)CC1CCCCN1. The molecule has 1 fully saturated rings. The number of hydrogen-bond donors (Lipinski definition) is 3. The lowest BCUT2D eigenvalue weighted by atomic mass is 10.0. The lowest BCUT2D eigenvalue weighted by molar-refractivity contribution is -0.126. The van der Waals surface area contributed by atoms with Crippen LogP contribution in [-0.4, -0.2) is 38.0 Å². The van der Waals surface area contributed by atoms with Gasteiger partial charge in [0.05, 0.1) is 6.54 Å². The first kappa shape index (κ1) is 12.0. The van der Waals surface area contributed by atoms with Crippen molar-refractivity contribution in [2.45, 2.75) is 31.7 Å². The molecule has 0 saturated carbocycles. The van der Waals surface area contributed by atoms with Crippen molar-refractivity contribution in [1.29, 1.82) is 0 Å². The highest BCUT2D eigenvalue weighted by atomic mass is 16.2. The summed E-state index contributed by atoms with van der Waals surface area (Å²) < 4.78 is 0. The lowest BCUT2D eigenvalue weighted by Gasteiger charge is -2.22. The van der Waals surface area contributed by atoms with E-state index >= 15 is 0 Å². The van der Waals surface area contributed by atoms with Gasteiger partial charge in [-0.3, -0.25) is 9.59 Å².